The maximum atomic E-state index is 12.0. The molecule has 1 N–H and O–H groups in total. The minimum Gasteiger partial charge on any atom is -0.341 e. The average Bonchev–Trinajstić information content (AvgIpc) is 3.03. The summed E-state index contributed by atoms with van der Waals surface area (Å²) in [4.78, 5) is 14.1. The van der Waals surface area contributed by atoms with Gasteiger partial charge in [-0.25, -0.2) is 0 Å². The molecule has 1 aliphatic carbocycles. The van der Waals surface area contributed by atoms with Gasteiger partial charge in [0.1, 0.15) is 0 Å². The van der Waals surface area contributed by atoms with Gasteiger partial charge in [0.2, 0.25) is 5.91 Å². The summed E-state index contributed by atoms with van der Waals surface area (Å²) in [6, 6.07) is 0.760. The third kappa shape index (κ3) is 3.14. The maximum absolute atomic E-state index is 12.0. The van der Waals surface area contributed by atoms with Crippen LogP contribution in [0.3, 0.4) is 0 Å². The first-order chi connectivity index (χ1) is 7.70. The van der Waals surface area contributed by atoms with Gasteiger partial charge in [-0.15, -0.1) is 0 Å². The van der Waals surface area contributed by atoms with Crippen LogP contribution in [-0.2, 0) is 4.79 Å². The van der Waals surface area contributed by atoms with E-state index < -0.39 is 0 Å². The van der Waals surface area contributed by atoms with Crippen LogP contribution in [0, 0.1) is 0 Å². The predicted molar refractivity (Wildman–Crippen MR) is 68.7 cm³/mol. The first-order valence-corrected chi connectivity index (χ1v) is 7.57. The van der Waals surface area contributed by atoms with Crippen LogP contribution in [0.2, 0.25) is 0 Å². The van der Waals surface area contributed by atoms with E-state index in [1.807, 2.05) is 16.7 Å². The number of nitrogens with zero attached hydrogens (tertiary/aromatic N) is 1. The van der Waals surface area contributed by atoms with Crippen molar-refractivity contribution in [3.05, 3.63) is 0 Å². The van der Waals surface area contributed by atoms with Crippen LogP contribution in [0.4, 0.5) is 0 Å². The van der Waals surface area contributed by atoms with Crippen LogP contribution >= 0.6 is 11.8 Å². The minimum atomic E-state index is 0.122. The van der Waals surface area contributed by atoms with Gasteiger partial charge in [0.15, 0.2) is 0 Å². The Morgan fingerprint density at radius 1 is 1.50 bits per heavy atom. The molecule has 3 nitrogen and oxygen atoms in total. The molecule has 2 rings (SSSR count). The molecule has 1 saturated heterocycles. The third-order valence-electron chi connectivity index (χ3n) is 3.52. The van der Waals surface area contributed by atoms with Gasteiger partial charge in [0.05, 0.1) is 6.04 Å². The number of amides is 1. The van der Waals surface area contributed by atoms with Gasteiger partial charge in [0.25, 0.3) is 0 Å². The zero-order valence-corrected chi connectivity index (χ0v) is 11.1. The standard InChI is InChI=1S/C12H22N2OS/c1-9(16-2)5-7-14-8-6-11(12(14)15)13-10-3-4-10/h9-11,13H,3-8H2,1-2H3. The molecule has 4 heteroatoms. The van der Waals surface area contributed by atoms with Crippen LogP contribution < -0.4 is 5.32 Å². The maximum Gasteiger partial charge on any atom is 0.239 e. The van der Waals surface area contributed by atoms with Gasteiger partial charge in [-0.1, -0.05) is 6.92 Å². The quantitative estimate of drug-likeness (QED) is 0.766. The summed E-state index contributed by atoms with van der Waals surface area (Å²) in [5.74, 6) is 0.334. The Kier molecular flexibility index (Phi) is 4.14. The van der Waals surface area contributed by atoms with Crippen LogP contribution in [0.25, 0.3) is 0 Å². The number of hydrogen-bond donors (Lipinski definition) is 1. The monoisotopic (exact) mass is 242 g/mol. The van der Waals surface area contributed by atoms with E-state index in [1.165, 1.54) is 12.8 Å². The Balaban J connectivity index is 1.72. The van der Waals surface area contributed by atoms with Crippen LogP contribution in [-0.4, -0.2) is 47.5 Å². The lowest BCUT2D eigenvalue weighted by Crippen LogP contribution is -2.39. The molecule has 0 aromatic heterocycles. The smallest absolute Gasteiger partial charge is 0.239 e. The lowest BCUT2D eigenvalue weighted by atomic mass is 10.2. The van der Waals surface area contributed by atoms with Crippen molar-refractivity contribution in [2.75, 3.05) is 19.3 Å². The summed E-state index contributed by atoms with van der Waals surface area (Å²) in [7, 11) is 0. The predicted octanol–water partition coefficient (Wildman–Crippen LogP) is 1.48. The van der Waals surface area contributed by atoms with Crippen molar-refractivity contribution in [3.8, 4) is 0 Å². The van der Waals surface area contributed by atoms with Crippen molar-refractivity contribution in [1.82, 2.24) is 10.2 Å². The molecule has 0 aromatic rings. The highest BCUT2D eigenvalue weighted by Crippen LogP contribution is 2.23. The van der Waals surface area contributed by atoms with Crippen LogP contribution in [0.1, 0.15) is 32.6 Å². The second-order valence-corrected chi connectivity index (χ2v) is 6.22. The fourth-order valence-electron chi connectivity index (χ4n) is 2.11. The number of carbonyl (C=O) groups excluding carboxylic acids is 1. The van der Waals surface area contributed by atoms with E-state index in [0.717, 1.165) is 25.9 Å². The summed E-state index contributed by atoms with van der Waals surface area (Å²) < 4.78 is 0. The Morgan fingerprint density at radius 3 is 2.88 bits per heavy atom. The lowest BCUT2D eigenvalue weighted by molar-refractivity contribution is -0.129. The van der Waals surface area contributed by atoms with Gasteiger partial charge >= 0.3 is 0 Å². The number of hydrogen-bond acceptors (Lipinski definition) is 3. The molecule has 92 valence electrons. The van der Waals surface area contributed by atoms with Crippen molar-refractivity contribution in [2.45, 2.75) is 49.9 Å². The molecule has 1 amide bonds. The normalized spacial score (nSPS) is 27.5. The number of likely N-dealkylation sites (tertiary alicyclic amines) is 1. The van der Waals surface area contributed by atoms with Gasteiger partial charge in [-0.3, -0.25) is 4.79 Å². The highest BCUT2D eigenvalue weighted by Gasteiger charge is 2.35. The Labute approximate surface area is 102 Å². The van der Waals surface area contributed by atoms with E-state index >= 15 is 0 Å². The SMILES string of the molecule is CSC(C)CCN1CCC(NC2CC2)C1=O. The average molecular weight is 242 g/mol. The molecule has 2 atom stereocenters. The van der Waals surface area contributed by atoms with Crippen molar-refractivity contribution >= 4 is 17.7 Å². The molecule has 2 aliphatic rings. The van der Waals surface area contributed by atoms with Crippen molar-refractivity contribution in [1.29, 1.82) is 0 Å². The van der Waals surface area contributed by atoms with E-state index in [-0.39, 0.29) is 6.04 Å². The van der Waals surface area contributed by atoms with E-state index in [0.29, 0.717) is 17.2 Å². The van der Waals surface area contributed by atoms with E-state index in [4.69, 9.17) is 0 Å². The fourth-order valence-corrected chi connectivity index (χ4v) is 2.45. The molecule has 1 aliphatic heterocycles. The Bertz CT molecular complexity index is 255. The summed E-state index contributed by atoms with van der Waals surface area (Å²) >= 11 is 1.88. The largest absolute Gasteiger partial charge is 0.341 e. The van der Waals surface area contributed by atoms with Gasteiger partial charge in [0, 0.05) is 24.4 Å². The molecule has 16 heavy (non-hydrogen) atoms. The lowest BCUT2D eigenvalue weighted by Gasteiger charge is -2.18. The molecule has 0 radical (unpaired) electrons. The number of thioether (sulfide) groups is 1. The molecule has 1 heterocycles. The van der Waals surface area contributed by atoms with E-state index in [2.05, 4.69) is 18.5 Å². The molecule has 2 fully saturated rings. The van der Waals surface area contributed by atoms with E-state index in [9.17, 15) is 4.79 Å². The zero-order valence-electron chi connectivity index (χ0n) is 10.2. The van der Waals surface area contributed by atoms with Gasteiger partial charge in [-0.05, 0) is 31.9 Å². The topological polar surface area (TPSA) is 32.3 Å². The molecule has 1 saturated carbocycles. The van der Waals surface area contributed by atoms with Crippen molar-refractivity contribution in [2.24, 2.45) is 0 Å². The van der Waals surface area contributed by atoms with Gasteiger partial charge < -0.3 is 10.2 Å². The zero-order chi connectivity index (χ0) is 11.5. The number of nitrogens with one attached hydrogen (secondary N) is 1. The first kappa shape index (κ1) is 12.2. The number of rotatable bonds is 6. The first-order valence-electron chi connectivity index (χ1n) is 6.28. The Morgan fingerprint density at radius 2 is 2.25 bits per heavy atom. The molecular formula is C12H22N2OS. The fraction of sp³-hybridized carbons (Fsp3) is 0.917. The number of carbonyl (C=O) groups is 1. The highest BCUT2D eigenvalue weighted by molar-refractivity contribution is 7.99. The molecule has 2 unspecified atom stereocenters. The second kappa shape index (κ2) is 5.41. The van der Waals surface area contributed by atoms with Crippen LogP contribution in [0.5, 0.6) is 0 Å². The summed E-state index contributed by atoms with van der Waals surface area (Å²) in [6.45, 7) is 4.11. The van der Waals surface area contributed by atoms with Gasteiger partial charge in [-0.2, -0.15) is 11.8 Å². The van der Waals surface area contributed by atoms with Crippen LogP contribution in [0.15, 0.2) is 0 Å². The van der Waals surface area contributed by atoms with Crippen molar-refractivity contribution in [3.63, 3.8) is 0 Å². The minimum absolute atomic E-state index is 0.122. The second-order valence-electron chi connectivity index (χ2n) is 4.94. The molecule has 0 aromatic carbocycles. The van der Waals surface area contributed by atoms with E-state index in [1.54, 1.807) is 0 Å². The third-order valence-corrected chi connectivity index (χ3v) is 4.56. The summed E-state index contributed by atoms with van der Waals surface area (Å²) in [5, 5.41) is 4.09. The molecule has 0 bridgehead atoms. The molecule has 0 spiro atoms. The Hall–Kier alpha value is -0.220. The summed E-state index contributed by atoms with van der Waals surface area (Å²) in [5.41, 5.74) is 0. The van der Waals surface area contributed by atoms with Crippen molar-refractivity contribution < 1.29 is 4.79 Å². The summed E-state index contributed by atoms with van der Waals surface area (Å²) in [6.07, 6.45) is 6.76. The molecular weight excluding hydrogens is 220 g/mol. The highest BCUT2D eigenvalue weighted by atomic mass is 32.2.